The van der Waals surface area contributed by atoms with E-state index in [2.05, 4.69) is 10.1 Å². The minimum Gasteiger partial charge on any atom is -0.465 e. The molecule has 1 fully saturated rings. The van der Waals surface area contributed by atoms with Crippen molar-refractivity contribution >= 4 is 40.8 Å². The van der Waals surface area contributed by atoms with Gasteiger partial charge in [-0.25, -0.2) is 4.79 Å². The maximum atomic E-state index is 12.3. The van der Waals surface area contributed by atoms with Crippen LogP contribution in [0.1, 0.15) is 28.8 Å². The highest BCUT2D eigenvalue weighted by molar-refractivity contribution is 6.33. The number of methoxy groups -OCH3 is 1. The Balaban J connectivity index is 1.64. The molecule has 2 amide bonds. The third kappa shape index (κ3) is 4.46. The molecule has 0 unspecified atom stereocenters. The van der Waals surface area contributed by atoms with Gasteiger partial charge < -0.3 is 15.0 Å². The van der Waals surface area contributed by atoms with Gasteiger partial charge in [0.15, 0.2) is 0 Å². The molecule has 1 saturated heterocycles. The van der Waals surface area contributed by atoms with Crippen LogP contribution in [0.2, 0.25) is 5.02 Å². The molecule has 0 aromatic heterocycles. The number of ether oxygens (including phenoxy) is 1. The van der Waals surface area contributed by atoms with Crippen LogP contribution >= 0.6 is 11.6 Å². The smallest absolute Gasteiger partial charge is 0.339 e. The molecule has 1 N–H and O–H groups in total. The molecule has 0 spiro atoms. The predicted octanol–water partition coefficient (Wildman–Crippen LogP) is 3.43. The van der Waals surface area contributed by atoms with E-state index in [1.165, 1.54) is 19.2 Å². The van der Waals surface area contributed by atoms with Gasteiger partial charge in [-0.05, 0) is 42.3 Å². The van der Waals surface area contributed by atoms with Crippen molar-refractivity contribution in [1.29, 1.82) is 0 Å². The van der Waals surface area contributed by atoms with Gasteiger partial charge in [0.1, 0.15) is 0 Å². The maximum absolute atomic E-state index is 12.3. The van der Waals surface area contributed by atoms with Crippen LogP contribution in [0.25, 0.3) is 0 Å². The average molecular weight is 387 g/mol. The lowest BCUT2D eigenvalue weighted by molar-refractivity contribution is -0.117. The van der Waals surface area contributed by atoms with Gasteiger partial charge in [0.05, 0.1) is 24.1 Å². The zero-order valence-electron chi connectivity index (χ0n) is 14.8. The highest BCUT2D eigenvalue weighted by Crippen LogP contribution is 2.23. The number of benzene rings is 2. The van der Waals surface area contributed by atoms with Crippen molar-refractivity contribution in [3.05, 3.63) is 58.6 Å². The molecule has 0 radical (unpaired) electrons. The van der Waals surface area contributed by atoms with Gasteiger partial charge in [-0.1, -0.05) is 23.7 Å². The Labute approximate surface area is 162 Å². The van der Waals surface area contributed by atoms with Crippen LogP contribution in [0.4, 0.5) is 11.4 Å². The van der Waals surface area contributed by atoms with Crippen LogP contribution in [0.5, 0.6) is 0 Å². The van der Waals surface area contributed by atoms with Crippen molar-refractivity contribution in [3.63, 3.8) is 0 Å². The number of amides is 2. The number of nitrogens with zero attached hydrogens (tertiary/aromatic N) is 1. The molecule has 0 atom stereocenters. The van der Waals surface area contributed by atoms with Crippen molar-refractivity contribution in [2.24, 2.45) is 0 Å². The van der Waals surface area contributed by atoms with Crippen LogP contribution in [0.3, 0.4) is 0 Å². The van der Waals surface area contributed by atoms with Gasteiger partial charge in [-0.3, -0.25) is 9.59 Å². The summed E-state index contributed by atoms with van der Waals surface area (Å²) in [5.41, 5.74) is 2.33. The summed E-state index contributed by atoms with van der Waals surface area (Å²) in [4.78, 5) is 37.5. The molecule has 2 aromatic carbocycles. The second-order valence-corrected chi connectivity index (χ2v) is 6.63. The molecule has 6 nitrogen and oxygen atoms in total. The monoisotopic (exact) mass is 386 g/mol. The number of halogens is 1. The standard InChI is InChI=1S/C20H19ClN2O4/c1-27-20(26)16-12-14(6-9-17(16)21)22-18(24)11-13-4-7-15(8-5-13)23-10-2-3-19(23)25/h4-9,12H,2-3,10-11H2,1H3,(H,22,24). The molecule has 0 saturated carbocycles. The van der Waals surface area contributed by atoms with E-state index in [-0.39, 0.29) is 28.8 Å². The summed E-state index contributed by atoms with van der Waals surface area (Å²) in [6, 6.07) is 12.0. The number of carbonyl (C=O) groups is 3. The molecule has 7 heteroatoms. The topological polar surface area (TPSA) is 75.7 Å². The van der Waals surface area contributed by atoms with Crippen molar-refractivity contribution in [2.75, 3.05) is 23.9 Å². The fraction of sp³-hybridized carbons (Fsp3) is 0.250. The summed E-state index contributed by atoms with van der Waals surface area (Å²) in [7, 11) is 1.27. The van der Waals surface area contributed by atoms with Gasteiger partial charge in [-0.2, -0.15) is 0 Å². The second kappa shape index (κ2) is 8.22. The lowest BCUT2D eigenvalue weighted by Gasteiger charge is -2.16. The number of nitrogens with one attached hydrogen (secondary N) is 1. The molecule has 1 aliphatic heterocycles. The van der Waals surface area contributed by atoms with E-state index in [0.29, 0.717) is 12.1 Å². The summed E-state index contributed by atoms with van der Waals surface area (Å²) >= 11 is 5.97. The highest BCUT2D eigenvalue weighted by Gasteiger charge is 2.21. The highest BCUT2D eigenvalue weighted by atomic mass is 35.5. The van der Waals surface area contributed by atoms with E-state index >= 15 is 0 Å². The average Bonchev–Trinajstić information content (AvgIpc) is 3.09. The number of anilines is 2. The fourth-order valence-electron chi connectivity index (χ4n) is 2.97. The van der Waals surface area contributed by atoms with Gasteiger partial charge in [0, 0.05) is 24.3 Å². The molecule has 0 aliphatic carbocycles. The predicted molar refractivity (Wildman–Crippen MR) is 103 cm³/mol. The molecule has 27 heavy (non-hydrogen) atoms. The van der Waals surface area contributed by atoms with E-state index in [9.17, 15) is 14.4 Å². The molecular weight excluding hydrogens is 368 g/mol. The number of esters is 1. The first-order valence-corrected chi connectivity index (χ1v) is 8.93. The van der Waals surface area contributed by atoms with E-state index in [1.54, 1.807) is 11.0 Å². The van der Waals surface area contributed by atoms with Crippen LogP contribution in [0.15, 0.2) is 42.5 Å². The first-order valence-electron chi connectivity index (χ1n) is 8.55. The Morgan fingerprint density at radius 3 is 2.56 bits per heavy atom. The first kappa shape index (κ1) is 18.9. The summed E-state index contributed by atoms with van der Waals surface area (Å²) in [5, 5.41) is 3.00. The van der Waals surface area contributed by atoms with E-state index in [0.717, 1.165) is 24.2 Å². The summed E-state index contributed by atoms with van der Waals surface area (Å²) in [6.45, 7) is 0.734. The van der Waals surface area contributed by atoms with Gasteiger partial charge in [-0.15, -0.1) is 0 Å². The number of rotatable bonds is 5. The Kier molecular flexibility index (Phi) is 5.76. The van der Waals surface area contributed by atoms with Crippen LogP contribution in [-0.4, -0.2) is 31.4 Å². The van der Waals surface area contributed by atoms with Crippen molar-refractivity contribution in [3.8, 4) is 0 Å². The normalized spacial score (nSPS) is 13.6. The molecular formula is C20H19ClN2O4. The third-order valence-electron chi connectivity index (χ3n) is 4.34. The number of carbonyl (C=O) groups excluding carboxylic acids is 3. The zero-order valence-corrected chi connectivity index (χ0v) is 15.6. The van der Waals surface area contributed by atoms with Crippen LogP contribution in [-0.2, 0) is 20.7 Å². The minimum absolute atomic E-state index is 0.129. The van der Waals surface area contributed by atoms with Crippen molar-refractivity contribution < 1.29 is 19.1 Å². The molecule has 0 bridgehead atoms. The Hall–Kier alpha value is -2.86. The molecule has 3 rings (SSSR count). The van der Waals surface area contributed by atoms with Crippen molar-refractivity contribution in [1.82, 2.24) is 0 Å². The Morgan fingerprint density at radius 2 is 1.93 bits per heavy atom. The number of hydrogen-bond donors (Lipinski definition) is 1. The third-order valence-corrected chi connectivity index (χ3v) is 4.67. The Morgan fingerprint density at radius 1 is 1.19 bits per heavy atom. The second-order valence-electron chi connectivity index (χ2n) is 6.23. The van der Waals surface area contributed by atoms with E-state index in [4.69, 9.17) is 11.6 Å². The first-order chi connectivity index (χ1) is 13.0. The lowest BCUT2D eigenvalue weighted by Crippen LogP contribution is -2.23. The molecule has 1 heterocycles. The Bertz CT molecular complexity index is 880. The van der Waals surface area contributed by atoms with Gasteiger partial charge in [0.25, 0.3) is 0 Å². The minimum atomic E-state index is -0.567. The largest absolute Gasteiger partial charge is 0.465 e. The fourth-order valence-corrected chi connectivity index (χ4v) is 3.17. The van der Waals surface area contributed by atoms with Crippen LogP contribution < -0.4 is 10.2 Å². The van der Waals surface area contributed by atoms with E-state index in [1.807, 2.05) is 24.3 Å². The van der Waals surface area contributed by atoms with Gasteiger partial charge in [0.2, 0.25) is 11.8 Å². The molecule has 2 aromatic rings. The quantitative estimate of drug-likeness (QED) is 0.799. The van der Waals surface area contributed by atoms with E-state index < -0.39 is 5.97 Å². The van der Waals surface area contributed by atoms with Crippen LogP contribution in [0, 0.1) is 0 Å². The van der Waals surface area contributed by atoms with Crippen molar-refractivity contribution in [2.45, 2.75) is 19.3 Å². The zero-order chi connectivity index (χ0) is 19.4. The summed E-state index contributed by atoms with van der Waals surface area (Å²) in [6.07, 6.45) is 1.63. The SMILES string of the molecule is COC(=O)c1cc(NC(=O)Cc2ccc(N3CCCC3=O)cc2)ccc1Cl. The maximum Gasteiger partial charge on any atom is 0.339 e. The lowest BCUT2D eigenvalue weighted by atomic mass is 10.1. The molecule has 1 aliphatic rings. The molecule has 140 valence electrons. The summed E-state index contributed by atoms with van der Waals surface area (Å²) in [5.74, 6) is -0.661. The summed E-state index contributed by atoms with van der Waals surface area (Å²) < 4.78 is 4.67. The van der Waals surface area contributed by atoms with Gasteiger partial charge >= 0.3 is 5.97 Å². The number of hydrogen-bond acceptors (Lipinski definition) is 4.